The van der Waals surface area contributed by atoms with E-state index in [2.05, 4.69) is 0 Å². The van der Waals surface area contributed by atoms with Gasteiger partial charge in [0.1, 0.15) is 11.8 Å². The molecular formula is C10H11NO2. The summed E-state index contributed by atoms with van der Waals surface area (Å²) in [7, 11) is 0. The zero-order chi connectivity index (χ0) is 9.68. The van der Waals surface area contributed by atoms with Gasteiger partial charge < -0.3 is 9.84 Å². The zero-order valence-electron chi connectivity index (χ0n) is 7.40. The van der Waals surface area contributed by atoms with Crippen LogP contribution in [0.25, 0.3) is 0 Å². The summed E-state index contributed by atoms with van der Waals surface area (Å²) < 4.78 is 5.05. The molecule has 0 bridgehead atoms. The molecule has 0 saturated carbocycles. The Kier molecular flexibility index (Phi) is 3.30. The fraction of sp³-hybridized carbons (Fsp3) is 0.300. The molecule has 1 N–H and O–H groups in total. The molecule has 68 valence electrons. The van der Waals surface area contributed by atoms with E-state index in [1.54, 1.807) is 31.2 Å². The van der Waals surface area contributed by atoms with Crippen molar-refractivity contribution < 1.29 is 9.84 Å². The van der Waals surface area contributed by atoms with Gasteiger partial charge in [0.05, 0.1) is 6.10 Å². The highest BCUT2D eigenvalue weighted by Crippen LogP contribution is 2.16. The van der Waals surface area contributed by atoms with E-state index in [4.69, 9.17) is 10.00 Å². The van der Waals surface area contributed by atoms with Gasteiger partial charge in [0.2, 0.25) is 0 Å². The number of nitriles is 1. The molecule has 0 aromatic heterocycles. The van der Waals surface area contributed by atoms with Crippen molar-refractivity contribution in [3.8, 4) is 11.8 Å². The Bertz CT molecular complexity index is 298. The van der Waals surface area contributed by atoms with E-state index < -0.39 is 6.10 Å². The molecule has 0 saturated heterocycles. The minimum Gasteiger partial charge on any atom is -0.479 e. The van der Waals surface area contributed by atoms with Crippen LogP contribution < -0.4 is 4.74 Å². The molecular weight excluding hydrogens is 166 g/mol. The van der Waals surface area contributed by atoms with Crippen molar-refractivity contribution in [1.82, 2.24) is 0 Å². The molecule has 1 atom stereocenters. The second kappa shape index (κ2) is 4.48. The smallest absolute Gasteiger partial charge is 0.174 e. The predicted octanol–water partition coefficient (Wildman–Crippen LogP) is 1.64. The molecule has 1 aromatic carbocycles. The summed E-state index contributed by atoms with van der Waals surface area (Å²) in [5.41, 5.74) is 0.837. The van der Waals surface area contributed by atoms with Crippen LogP contribution in [0.1, 0.15) is 18.6 Å². The van der Waals surface area contributed by atoms with Crippen molar-refractivity contribution in [3.05, 3.63) is 29.8 Å². The van der Waals surface area contributed by atoms with Crippen LogP contribution >= 0.6 is 0 Å². The molecule has 0 fully saturated rings. The minimum atomic E-state index is -0.468. The Labute approximate surface area is 77.2 Å². The lowest BCUT2D eigenvalue weighted by Gasteiger charge is -2.05. The van der Waals surface area contributed by atoms with E-state index in [9.17, 15) is 5.11 Å². The number of aliphatic hydroxyl groups excluding tert-OH is 1. The van der Waals surface area contributed by atoms with Gasteiger partial charge in [-0.3, -0.25) is 0 Å². The molecule has 3 nitrogen and oxygen atoms in total. The maximum atomic E-state index is 9.20. The molecule has 0 spiro atoms. The first kappa shape index (κ1) is 9.56. The number of rotatable bonds is 3. The summed E-state index contributed by atoms with van der Waals surface area (Å²) in [5.74, 6) is 0.644. The number of hydrogen-bond donors (Lipinski definition) is 1. The van der Waals surface area contributed by atoms with Crippen LogP contribution in [0.4, 0.5) is 0 Å². The van der Waals surface area contributed by atoms with Gasteiger partial charge in [-0.05, 0) is 24.6 Å². The molecule has 0 unspecified atom stereocenters. The monoisotopic (exact) mass is 177 g/mol. The maximum Gasteiger partial charge on any atom is 0.174 e. The second-order valence-electron chi connectivity index (χ2n) is 2.69. The third-order valence-corrected chi connectivity index (χ3v) is 1.67. The molecule has 1 rings (SSSR count). The minimum absolute atomic E-state index is 0.0496. The van der Waals surface area contributed by atoms with Gasteiger partial charge in [0.25, 0.3) is 0 Å². The Balaban J connectivity index is 2.65. The van der Waals surface area contributed by atoms with Crippen molar-refractivity contribution >= 4 is 0 Å². The average Bonchev–Trinajstić information content (AvgIpc) is 2.15. The molecule has 0 heterocycles. The van der Waals surface area contributed by atoms with Gasteiger partial charge in [-0.1, -0.05) is 12.1 Å². The van der Waals surface area contributed by atoms with E-state index in [1.807, 2.05) is 6.07 Å². The van der Waals surface area contributed by atoms with E-state index in [-0.39, 0.29) is 6.61 Å². The Morgan fingerprint density at radius 1 is 1.46 bits per heavy atom. The summed E-state index contributed by atoms with van der Waals surface area (Å²) >= 11 is 0. The average molecular weight is 177 g/mol. The first-order valence-corrected chi connectivity index (χ1v) is 4.02. The van der Waals surface area contributed by atoms with Gasteiger partial charge in [0.15, 0.2) is 6.61 Å². The van der Waals surface area contributed by atoms with Crippen LogP contribution in [0.2, 0.25) is 0 Å². The third-order valence-electron chi connectivity index (χ3n) is 1.67. The molecule has 13 heavy (non-hydrogen) atoms. The van der Waals surface area contributed by atoms with Crippen molar-refractivity contribution in [3.63, 3.8) is 0 Å². The van der Waals surface area contributed by atoms with E-state index in [0.717, 1.165) is 5.56 Å². The van der Waals surface area contributed by atoms with E-state index >= 15 is 0 Å². The summed E-state index contributed by atoms with van der Waals surface area (Å²) in [4.78, 5) is 0. The van der Waals surface area contributed by atoms with Crippen LogP contribution in [-0.2, 0) is 0 Å². The molecule has 0 amide bonds. The Hall–Kier alpha value is -1.53. The number of ether oxygens (including phenoxy) is 1. The van der Waals surface area contributed by atoms with E-state index in [0.29, 0.717) is 5.75 Å². The van der Waals surface area contributed by atoms with Gasteiger partial charge in [-0.25, -0.2) is 0 Å². The molecule has 0 aliphatic carbocycles. The van der Waals surface area contributed by atoms with Gasteiger partial charge in [0, 0.05) is 0 Å². The SMILES string of the molecule is C[C@H](O)c1ccc(OCC#N)cc1. The lowest BCUT2D eigenvalue weighted by Crippen LogP contribution is -1.94. The second-order valence-corrected chi connectivity index (χ2v) is 2.69. The number of benzene rings is 1. The van der Waals surface area contributed by atoms with Gasteiger partial charge in [-0.15, -0.1) is 0 Å². The highest BCUT2D eigenvalue weighted by Gasteiger charge is 1.99. The Morgan fingerprint density at radius 3 is 2.54 bits per heavy atom. The standard InChI is InChI=1S/C10H11NO2/c1-8(12)9-2-4-10(5-3-9)13-7-6-11/h2-5,8,12H,7H2,1H3/t8-/m0/s1. The largest absolute Gasteiger partial charge is 0.479 e. The maximum absolute atomic E-state index is 9.20. The molecule has 0 aliphatic rings. The van der Waals surface area contributed by atoms with Gasteiger partial charge >= 0.3 is 0 Å². The normalized spacial score (nSPS) is 11.8. The van der Waals surface area contributed by atoms with Crippen molar-refractivity contribution in [2.75, 3.05) is 6.61 Å². The lowest BCUT2D eigenvalue weighted by molar-refractivity contribution is 0.199. The van der Waals surface area contributed by atoms with Gasteiger partial charge in [-0.2, -0.15) is 5.26 Å². The van der Waals surface area contributed by atoms with Crippen LogP contribution in [-0.4, -0.2) is 11.7 Å². The van der Waals surface area contributed by atoms with Crippen LogP contribution in [0, 0.1) is 11.3 Å². The molecule has 3 heteroatoms. The van der Waals surface area contributed by atoms with Crippen molar-refractivity contribution in [2.45, 2.75) is 13.0 Å². The highest BCUT2D eigenvalue weighted by atomic mass is 16.5. The van der Waals surface area contributed by atoms with Crippen molar-refractivity contribution in [2.24, 2.45) is 0 Å². The fourth-order valence-corrected chi connectivity index (χ4v) is 0.958. The summed E-state index contributed by atoms with van der Waals surface area (Å²) in [6.45, 7) is 1.75. The summed E-state index contributed by atoms with van der Waals surface area (Å²) in [6, 6.07) is 8.90. The summed E-state index contributed by atoms with van der Waals surface area (Å²) in [6.07, 6.45) is -0.468. The van der Waals surface area contributed by atoms with Crippen LogP contribution in [0.3, 0.4) is 0 Å². The quantitative estimate of drug-likeness (QED) is 0.763. The zero-order valence-corrected chi connectivity index (χ0v) is 7.40. The first-order valence-electron chi connectivity index (χ1n) is 4.02. The molecule has 1 aromatic rings. The first-order chi connectivity index (χ1) is 6.24. The molecule has 0 aliphatic heterocycles. The number of hydrogen-bond acceptors (Lipinski definition) is 3. The number of aliphatic hydroxyl groups is 1. The Morgan fingerprint density at radius 2 is 2.08 bits per heavy atom. The topological polar surface area (TPSA) is 53.2 Å². The summed E-state index contributed by atoms with van der Waals surface area (Å²) in [5, 5.41) is 17.5. The lowest BCUT2D eigenvalue weighted by atomic mass is 10.1. The van der Waals surface area contributed by atoms with Crippen LogP contribution in [0.15, 0.2) is 24.3 Å². The predicted molar refractivity (Wildman–Crippen MR) is 48.2 cm³/mol. The molecule has 0 radical (unpaired) electrons. The fourth-order valence-electron chi connectivity index (χ4n) is 0.958. The highest BCUT2D eigenvalue weighted by molar-refractivity contribution is 5.28. The third kappa shape index (κ3) is 2.77. The van der Waals surface area contributed by atoms with Crippen LogP contribution in [0.5, 0.6) is 5.75 Å². The van der Waals surface area contributed by atoms with Crippen molar-refractivity contribution in [1.29, 1.82) is 5.26 Å². The van der Waals surface area contributed by atoms with E-state index in [1.165, 1.54) is 0 Å². The number of nitrogens with zero attached hydrogens (tertiary/aromatic N) is 1.